The van der Waals surface area contributed by atoms with Crippen LogP contribution in [0.3, 0.4) is 0 Å². The van der Waals surface area contributed by atoms with Crippen molar-refractivity contribution in [2.45, 2.75) is 61.9 Å². The van der Waals surface area contributed by atoms with Crippen molar-refractivity contribution in [1.29, 1.82) is 0 Å². The first kappa shape index (κ1) is 24.9. The predicted octanol–water partition coefficient (Wildman–Crippen LogP) is 0.501. The van der Waals surface area contributed by atoms with E-state index in [9.17, 15) is 25.1 Å². The Bertz CT molecular complexity index is 956. The summed E-state index contributed by atoms with van der Waals surface area (Å²) >= 11 is 6.24. The summed E-state index contributed by atoms with van der Waals surface area (Å²) in [5.41, 5.74) is 0.475. The van der Waals surface area contributed by atoms with Crippen LogP contribution in [0.4, 0.5) is 5.82 Å². The van der Waals surface area contributed by atoms with Gasteiger partial charge in [-0.15, -0.1) is 0 Å². The van der Waals surface area contributed by atoms with E-state index in [1.54, 1.807) is 6.20 Å². The Morgan fingerprint density at radius 1 is 1.27 bits per heavy atom. The lowest BCUT2D eigenvalue weighted by molar-refractivity contribution is -0.118. The van der Waals surface area contributed by atoms with Crippen molar-refractivity contribution in [3.63, 3.8) is 0 Å². The van der Waals surface area contributed by atoms with Gasteiger partial charge < -0.3 is 39.5 Å². The standard InChI is InChI=1S/C19H29ClN5O7P/c1-24(11-4-2-3-5-11)16-12-7-21-25(17(12)23-18(20)22-16)15-6-13(28)14(32-15)8-31-19(9-26,10-27)33(29)30/h7,11,13-15,26-30H,2-6,8-10H2,1H3. The van der Waals surface area contributed by atoms with Gasteiger partial charge >= 0.3 is 0 Å². The third-order valence-corrected chi connectivity index (χ3v) is 7.77. The average molecular weight is 506 g/mol. The van der Waals surface area contributed by atoms with Crippen molar-refractivity contribution in [1.82, 2.24) is 19.7 Å². The number of aliphatic hydroxyl groups is 3. The zero-order chi connectivity index (χ0) is 23.8. The minimum Gasteiger partial charge on any atom is -0.393 e. The van der Waals surface area contributed by atoms with Gasteiger partial charge in [-0.05, 0) is 24.4 Å². The summed E-state index contributed by atoms with van der Waals surface area (Å²) in [6.45, 7) is -1.88. The quantitative estimate of drug-likeness (QED) is 0.238. The first-order chi connectivity index (χ1) is 15.8. The molecule has 0 radical (unpaired) electrons. The van der Waals surface area contributed by atoms with E-state index < -0.39 is 45.4 Å². The molecule has 1 aliphatic carbocycles. The van der Waals surface area contributed by atoms with Crippen molar-refractivity contribution >= 4 is 36.8 Å². The van der Waals surface area contributed by atoms with Crippen LogP contribution in [0, 0.1) is 0 Å². The van der Waals surface area contributed by atoms with Crippen molar-refractivity contribution in [2.24, 2.45) is 0 Å². The van der Waals surface area contributed by atoms with E-state index in [2.05, 4.69) is 20.0 Å². The van der Waals surface area contributed by atoms with Gasteiger partial charge in [0.2, 0.25) is 13.7 Å². The summed E-state index contributed by atoms with van der Waals surface area (Å²) in [4.78, 5) is 29.9. The number of hydrogen-bond donors (Lipinski definition) is 5. The van der Waals surface area contributed by atoms with Gasteiger partial charge in [-0.3, -0.25) is 0 Å². The molecule has 33 heavy (non-hydrogen) atoms. The van der Waals surface area contributed by atoms with Gasteiger partial charge in [0.1, 0.15) is 11.9 Å². The zero-order valence-corrected chi connectivity index (χ0v) is 19.8. The van der Waals surface area contributed by atoms with E-state index in [0.29, 0.717) is 17.5 Å². The molecule has 1 aliphatic heterocycles. The molecule has 4 rings (SSSR count). The molecule has 2 aliphatic rings. The molecule has 0 aromatic carbocycles. The van der Waals surface area contributed by atoms with Crippen molar-refractivity contribution in [3.8, 4) is 0 Å². The lowest BCUT2D eigenvalue weighted by Gasteiger charge is -2.31. The van der Waals surface area contributed by atoms with Crippen LogP contribution in [0.2, 0.25) is 5.28 Å². The second-order valence-corrected chi connectivity index (χ2v) is 10.2. The Kier molecular flexibility index (Phi) is 7.69. The predicted molar refractivity (Wildman–Crippen MR) is 120 cm³/mol. The number of aromatic nitrogens is 4. The van der Waals surface area contributed by atoms with Gasteiger partial charge in [0.25, 0.3) is 0 Å². The number of rotatable bonds is 9. The normalized spacial score (nSPS) is 24.4. The van der Waals surface area contributed by atoms with Crippen molar-refractivity contribution < 1.29 is 34.6 Å². The summed E-state index contributed by atoms with van der Waals surface area (Å²) in [7, 11) is -0.798. The number of aliphatic hydroxyl groups excluding tert-OH is 3. The van der Waals surface area contributed by atoms with Crippen LogP contribution in [0.25, 0.3) is 11.0 Å². The Balaban J connectivity index is 1.54. The molecule has 184 valence electrons. The third-order valence-electron chi connectivity index (χ3n) is 6.46. The van der Waals surface area contributed by atoms with Gasteiger partial charge in [0.15, 0.2) is 17.2 Å². The van der Waals surface area contributed by atoms with E-state index in [4.69, 9.17) is 21.1 Å². The Labute approximate surface area is 196 Å². The Morgan fingerprint density at radius 2 is 1.97 bits per heavy atom. The number of anilines is 1. The van der Waals surface area contributed by atoms with Gasteiger partial charge in [-0.25, -0.2) is 4.68 Å². The number of hydrogen-bond acceptors (Lipinski definition) is 11. The monoisotopic (exact) mass is 505 g/mol. The number of nitrogens with zero attached hydrogens (tertiary/aromatic N) is 5. The molecule has 1 saturated heterocycles. The minimum atomic E-state index is -2.78. The summed E-state index contributed by atoms with van der Waals surface area (Å²) < 4.78 is 12.8. The van der Waals surface area contributed by atoms with Crippen LogP contribution >= 0.6 is 20.0 Å². The smallest absolute Gasteiger partial charge is 0.226 e. The summed E-state index contributed by atoms with van der Waals surface area (Å²) in [6.07, 6.45) is 3.87. The minimum absolute atomic E-state index is 0.0810. The molecule has 3 unspecified atom stereocenters. The second-order valence-electron chi connectivity index (χ2n) is 8.49. The van der Waals surface area contributed by atoms with Crippen LogP contribution in [0.1, 0.15) is 38.3 Å². The first-order valence-corrected chi connectivity index (χ1v) is 12.4. The molecule has 3 heterocycles. The lowest BCUT2D eigenvalue weighted by atomic mass is 10.2. The van der Waals surface area contributed by atoms with Crippen LogP contribution in [0.15, 0.2) is 6.20 Å². The maximum atomic E-state index is 10.5. The molecule has 1 saturated carbocycles. The molecule has 2 fully saturated rings. The summed E-state index contributed by atoms with van der Waals surface area (Å²) in [5, 5.41) is 32.7. The summed E-state index contributed by atoms with van der Waals surface area (Å²) in [6, 6.07) is 0.371. The fraction of sp³-hybridized carbons (Fsp3) is 0.737. The molecule has 12 nitrogen and oxygen atoms in total. The maximum absolute atomic E-state index is 10.5. The van der Waals surface area contributed by atoms with Crippen LogP contribution in [0.5, 0.6) is 0 Å². The van der Waals surface area contributed by atoms with E-state index in [0.717, 1.165) is 18.2 Å². The third kappa shape index (κ3) is 4.82. The van der Waals surface area contributed by atoms with E-state index >= 15 is 0 Å². The van der Waals surface area contributed by atoms with Crippen LogP contribution in [-0.2, 0) is 9.47 Å². The van der Waals surface area contributed by atoms with Gasteiger partial charge in [-0.2, -0.15) is 15.1 Å². The highest BCUT2D eigenvalue weighted by molar-refractivity contribution is 7.46. The van der Waals surface area contributed by atoms with E-state index in [1.807, 2.05) is 7.05 Å². The second kappa shape index (κ2) is 10.2. The zero-order valence-electron chi connectivity index (χ0n) is 18.2. The van der Waals surface area contributed by atoms with Gasteiger partial charge in [-0.1, -0.05) is 12.8 Å². The molecule has 2 aromatic rings. The molecule has 2 aromatic heterocycles. The average Bonchev–Trinajstić information content (AvgIpc) is 3.53. The highest BCUT2D eigenvalue weighted by atomic mass is 35.5. The topological polar surface area (TPSA) is 166 Å². The molecule has 0 amide bonds. The number of fused-ring (bicyclic) bond motifs is 1. The molecule has 14 heteroatoms. The van der Waals surface area contributed by atoms with Crippen molar-refractivity contribution in [3.05, 3.63) is 11.5 Å². The first-order valence-electron chi connectivity index (χ1n) is 10.8. The highest BCUT2D eigenvalue weighted by Crippen LogP contribution is 2.43. The molecule has 3 atom stereocenters. The van der Waals surface area contributed by atoms with E-state index in [1.165, 1.54) is 17.5 Å². The molecular formula is C19H29ClN5O7P. The maximum Gasteiger partial charge on any atom is 0.226 e. The summed E-state index contributed by atoms with van der Waals surface area (Å²) in [5.74, 6) is 0.691. The van der Waals surface area contributed by atoms with E-state index in [-0.39, 0.29) is 18.3 Å². The number of halogens is 1. The molecular weight excluding hydrogens is 477 g/mol. The van der Waals surface area contributed by atoms with Crippen molar-refractivity contribution in [2.75, 3.05) is 31.8 Å². The molecule has 0 bridgehead atoms. The SMILES string of the molecule is CN(c1nc(Cl)nc2c1cnn2C1CC(O)C(COC(CO)(CO)P(O)O)O1)C1CCCC1. The Morgan fingerprint density at radius 3 is 2.61 bits per heavy atom. The van der Waals surface area contributed by atoms with Gasteiger partial charge in [0, 0.05) is 19.5 Å². The molecule has 5 N–H and O–H groups in total. The number of ether oxygens (including phenoxy) is 2. The lowest BCUT2D eigenvalue weighted by Crippen LogP contribution is -2.42. The van der Waals surface area contributed by atoms with Crippen LogP contribution in [-0.4, -0.2) is 95.3 Å². The fourth-order valence-electron chi connectivity index (χ4n) is 4.41. The fourth-order valence-corrected chi connectivity index (χ4v) is 5.01. The highest BCUT2D eigenvalue weighted by Gasteiger charge is 2.43. The van der Waals surface area contributed by atoms with Crippen LogP contribution < -0.4 is 4.90 Å². The largest absolute Gasteiger partial charge is 0.393 e. The Hall–Kier alpha value is -1.21. The van der Waals surface area contributed by atoms with Gasteiger partial charge in [0.05, 0.1) is 37.5 Å². The molecule has 0 spiro atoms.